The topological polar surface area (TPSA) is 8.17 Å². The van der Waals surface area contributed by atoms with Crippen LogP contribution in [0.15, 0.2) is 206 Å². The van der Waals surface area contributed by atoms with Gasteiger partial charge in [0.25, 0.3) is 0 Å². The summed E-state index contributed by atoms with van der Waals surface area (Å²) in [5.74, 6) is 0. The van der Waals surface area contributed by atoms with Gasteiger partial charge >= 0.3 is 0 Å². The Labute approximate surface area is 330 Å². The summed E-state index contributed by atoms with van der Waals surface area (Å²) < 4.78 is 2.49. The number of benzene rings is 10. The van der Waals surface area contributed by atoms with Crippen molar-refractivity contribution >= 4 is 71.2 Å². The van der Waals surface area contributed by atoms with Crippen LogP contribution in [0.25, 0.3) is 70.9 Å². The van der Waals surface area contributed by atoms with E-state index in [0.29, 0.717) is 0 Å². The Morgan fingerprint density at radius 2 is 0.965 bits per heavy atom. The van der Waals surface area contributed by atoms with E-state index in [2.05, 4.69) is 216 Å². The Morgan fingerprint density at radius 3 is 1.79 bits per heavy atom. The Hall–Kier alpha value is -7.42. The van der Waals surface area contributed by atoms with E-state index >= 15 is 0 Å². The molecule has 0 N–H and O–H groups in total. The molecule has 57 heavy (non-hydrogen) atoms. The lowest BCUT2D eigenvalue weighted by Crippen LogP contribution is -2.30. The second-order valence-corrected chi connectivity index (χ2v) is 15.6. The lowest BCUT2D eigenvalue weighted by atomic mass is 9.63. The first-order chi connectivity index (χ1) is 28.3. The zero-order chi connectivity index (χ0) is 37.2. The fraction of sp³-hybridized carbons (Fsp3) is 0.0182. The van der Waals surface area contributed by atoms with E-state index < -0.39 is 5.41 Å². The first-order valence-corrected chi connectivity index (χ1v) is 19.9. The maximum atomic E-state index is 2.51. The molecule has 1 aromatic heterocycles. The fourth-order valence-electron chi connectivity index (χ4n) is 10.7. The third-order valence-corrected chi connectivity index (χ3v) is 12.9. The molecule has 0 radical (unpaired) electrons. The highest BCUT2D eigenvalue weighted by Crippen LogP contribution is 2.63. The van der Waals surface area contributed by atoms with Gasteiger partial charge in [0.05, 0.1) is 27.8 Å². The van der Waals surface area contributed by atoms with E-state index in [1.807, 2.05) is 0 Å². The molecule has 0 fully saturated rings. The second-order valence-electron chi connectivity index (χ2n) is 15.6. The van der Waals surface area contributed by atoms with Crippen molar-refractivity contribution in [1.29, 1.82) is 0 Å². The molecular weight excluding hydrogens is 689 g/mol. The highest BCUT2D eigenvalue weighted by molar-refractivity contribution is 6.28. The average molecular weight is 723 g/mol. The van der Waals surface area contributed by atoms with Crippen LogP contribution in [0.2, 0.25) is 0 Å². The van der Waals surface area contributed by atoms with E-state index in [0.717, 1.165) is 17.1 Å². The molecule has 0 saturated carbocycles. The van der Waals surface area contributed by atoms with E-state index in [1.165, 1.54) is 93.2 Å². The maximum absolute atomic E-state index is 2.51. The quantitative estimate of drug-likeness (QED) is 0.176. The average Bonchev–Trinajstić information content (AvgIpc) is 3.78. The molecule has 11 aromatic rings. The van der Waals surface area contributed by atoms with Gasteiger partial charge in [0.1, 0.15) is 0 Å². The van der Waals surface area contributed by atoms with Crippen LogP contribution in [0.3, 0.4) is 0 Å². The van der Waals surface area contributed by atoms with Gasteiger partial charge in [0.15, 0.2) is 0 Å². The summed E-state index contributed by atoms with van der Waals surface area (Å²) in [5, 5.41) is 10.1. The van der Waals surface area contributed by atoms with Crippen LogP contribution in [-0.2, 0) is 5.41 Å². The van der Waals surface area contributed by atoms with E-state index in [9.17, 15) is 0 Å². The molecule has 0 aliphatic heterocycles. The van der Waals surface area contributed by atoms with Gasteiger partial charge < -0.3 is 9.47 Å². The zero-order valence-electron chi connectivity index (χ0n) is 31.0. The van der Waals surface area contributed by atoms with Crippen LogP contribution in [0.4, 0.5) is 17.1 Å². The molecule has 1 spiro atoms. The Kier molecular flexibility index (Phi) is 6.13. The Morgan fingerprint density at radius 1 is 0.351 bits per heavy atom. The molecule has 13 rings (SSSR count). The molecule has 2 nitrogen and oxygen atoms in total. The maximum Gasteiger partial charge on any atom is 0.0726 e. The highest BCUT2D eigenvalue weighted by atomic mass is 15.1. The van der Waals surface area contributed by atoms with Gasteiger partial charge in [0, 0.05) is 32.9 Å². The Bertz CT molecular complexity index is 3430. The van der Waals surface area contributed by atoms with Crippen LogP contribution < -0.4 is 4.90 Å². The van der Waals surface area contributed by atoms with Gasteiger partial charge in [-0.05, 0) is 103 Å². The van der Waals surface area contributed by atoms with Crippen LogP contribution in [-0.4, -0.2) is 4.57 Å². The first-order valence-electron chi connectivity index (χ1n) is 19.9. The predicted octanol–water partition coefficient (Wildman–Crippen LogP) is 14.4. The molecule has 1 heterocycles. The van der Waals surface area contributed by atoms with Crippen LogP contribution in [0.5, 0.6) is 0 Å². The minimum atomic E-state index is -0.499. The van der Waals surface area contributed by atoms with E-state index in [4.69, 9.17) is 0 Å². The van der Waals surface area contributed by atoms with Crippen molar-refractivity contribution in [2.75, 3.05) is 4.90 Å². The fourth-order valence-corrected chi connectivity index (χ4v) is 10.7. The predicted molar refractivity (Wildman–Crippen MR) is 239 cm³/mol. The molecule has 264 valence electrons. The Balaban J connectivity index is 1.22. The normalized spacial score (nSPS) is 13.4. The van der Waals surface area contributed by atoms with Crippen LogP contribution >= 0.6 is 0 Å². The van der Waals surface area contributed by atoms with Gasteiger partial charge in [0.2, 0.25) is 0 Å². The summed E-state index contributed by atoms with van der Waals surface area (Å²) in [4.78, 5) is 2.51. The monoisotopic (exact) mass is 722 g/mol. The summed E-state index contributed by atoms with van der Waals surface area (Å²) >= 11 is 0. The smallest absolute Gasteiger partial charge is 0.0726 e. The number of anilines is 3. The molecule has 0 atom stereocenters. The van der Waals surface area contributed by atoms with Gasteiger partial charge in [-0.25, -0.2) is 0 Å². The molecule has 0 saturated heterocycles. The number of hydrogen-bond donors (Lipinski definition) is 0. The molecule has 0 amide bonds. The van der Waals surface area contributed by atoms with Crippen molar-refractivity contribution in [2.24, 2.45) is 0 Å². The molecule has 10 aromatic carbocycles. The largest absolute Gasteiger partial charge is 0.309 e. The van der Waals surface area contributed by atoms with Crippen LogP contribution in [0, 0.1) is 0 Å². The number of hydrogen-bond acceptors (Lipinski definition) is 1. The summed E-state index contributed by atoms with van der Waals surface area (Å²) in [6.45, 7) is 0. The molecule has 2 aliphatic rings. The number of fused-ring (bicyclic) bond motifs is 9. The van der Waals surface area contributed by atoms with Gasteiger partial charge in [-0.15, -0.1) is 0 Å². The first kappa shape index (κ1) is 30.9. The SMILES string of the molecule is c1ccc(-n2c3cccc4c3c3c5c(ccc(N(c6ccc7ccccc7c6)c6cccc7ccccc67)c5ccc32)C42c3ccccc3-c3ccccc32)cc1. The zero-order valence-corrected chi connectivity index (χ0v) is 31.0. The van der Waals surface area contributed by atoms with E-state index in [1.54, 1.807) is 0 Å². The van der Waals surface area contributed by atoms with Crippen molar-refractivity contribution in [3.05, 3.63) is 229 Å². The van der Waals surface area contributed by atoms with Crippen molar-refractivity contribution in [1.82, 2.24) is 4.57 Å². The van der Waals surface area contributed by atoms with Gasteiger partial charge in [-0.3, -0.25) is 0 Å². The number of aromatic nitrogens is 1. The molecular formula is C55H34N2. The summed E-state index contributed by atoms with van der Waals surface area (Å²) in [7, 11) is 0. The molecule has 0 unspecified atom stereocenters. The minimum absolute atomic E-state index is 0.499. The standard InChI is InChI=1S/C55H34N2/c1-2-18-38(19-3-1)56-50-27-13-25-46-53(50)54-51(56)32-30-43-49(33-31-47(52(43)54)55(46)44-23-10-8-21-41(44)42-22-9-11-24-45(42)55)57(39-29-28-35-14-4-5-16-37(35)34-39)48-26-12-17-36-15-6-7-20-40(36)48/h1-34H. The third kappa shape index (κ3) is 3.94. The summed E-state index contributed by atoms with van der Waals surface area (Å²) in [6.07, 6.45) is 0. The van der Waals surface area contributed by atoms with Gasteiger partial charge in [-0.2, -0.15) is 0 Å². The minimum Gasteiger partial charge on any atom is -0.309 e. The second kappa shape index (κ2) is 11.3. The van der Waals surface area contributed by atoms with Crippen molar-refractivity contribution in [2.45, 2.75) is 5.41 Å². The number of nitrogens with zero attached hydrogens (tertiary/aromatic N) is 2. The number of rotatable bonds is 4. The lowest BCUT2D eigenvalue weighted by Gasteiger charge is -2.39. The van der Waals surface area contributed by atoms with Crippen molar-refractivity contribution in [3.8, 4) is 16.8 Å². The molecule has 2 aliphatic carbocycles. The van der Waals surface area contributed by atoms with Gasteiger partial charge in [-0.1, -0.05) is 158 Å². The van der Waals surface area contributed by atoms with Crippen molar-refractivity contribution in [3.63, 3.8) is 0 Å². The van der Waals surface area contributed by atoms with Crippen molar-refractivity contribution < 1.29 is 0 Å². The van der Waals surface area contributed by atoms with E-state index in [-0.39, 0.29) is 0 Å². The summed E-state index contributed by atoms with van der Waals surface area (Å²) in [5.41, 5.74) is 14.6. The number of para-hydroxylation sites is 1. The summed E-state index contributed by atoms with van der Waals surface area (Å²) in [6, 6.07) is 76.9. The molecule has 2 heteroatoms. The lowest BCUT2D eigenvalue weighted by molar-refractivity contribution is 0.783. The highest BCUT2D eigenvalue weighted by Gasteiger charge is 2.50. The van der Waals surface area contributed by atoms with Crippen LogP contribution in [0.1, 0.15) is 22.3 Å². The molecule has 0 bridgehead atoms. The third-order valence-electron chi connectivity index (χ3n) is 12.9.